The fourth-order valence-electron chi connectivity index (χ4n) is 3.20. The van der Waals surface area contributed by atoms with E-state index in [0.717, 1.165) is 6.42 Å². The van der Waals surface area contributed by atoms with Crippen molar-refractivity contribution in [3.63, 3.8) is 0 Å². The zero-order valence-corrected chi connectivity index (χ0v) is 12.1. The summed E-state index contributed by atoms with van der Waals surface area (Å²) >= 11 is 0. The SMILES string of the molecule is CC1(C)O[C@H]2[C@H](COCc3ccccc3)C[C@H](N)[C@H]2O1. The molecule has 3 rings (SSSR count). The van der Waals surface area contributed by atoms with E-state index in [0.29, 0.717) is 19.1 Å². The lowest BCUT2D eigenvalue weighted by atomic mass is 10.1. The molecular weight excluding hydrogens is 254 g/mol. The molecule has 1 heterocycles. The molecular formula is C16H23NO3. The van der Waals surface area contributed by atoms with Gasteiger partial charge in [0.15, 0.2) is 5.79 Å². The maximum absolute atomic E-state index is 6.15. The van der Waals surface area contributed by atoms with E-state index in [9.17, 15) is 0 Å². The molecule has 0 spiro atoms. The van der Waals surface area contributed by atoms with Gasteiger partial charge < -0.3 is 19.9 Å². The number of benzene rings is 1. The number of hydrogen-bond acceptors (Lipinski definition) is 4. The molecule has 1 aromatic rings. The minimum atomic E-state index is -0.523. The van der Waals surface area contributed by atoms with Crippen LogP contribution in [0.4, 0.5) is 0 Å². The van der Waals surface area contributed by atoms with Crippen LogP contribution in [0.5, 0.6) is 0 Å². The van der Waals surface area contributed by atoms with Gasteiger partial charge in [-0.15, -0.1) is 0 Å². The fourth-order valence-corrected chi connectivity index (χ4v) is 3.20. The second-order valence-electron chi connectivity index (χ2n) is 6.23. The van der Waals surface area contributed by atoms with Crippen molar-refractivity contribution in [2.24, 2.45) is 11.7 Å². The molecule has 0 bridgehead atoms. The van der Waals surface area contributed by atoms with Gasteiger partial charge >= 0.3 is 0 Å². The predicted octanol–water partition coefficient (Wildman–Crippen LogP) is 2.07. The molecule has 0 aromatic heterocycles. The number of nitrogens with two attached hydrogens (primary N) is 1. The third-order valence-electron chi connectivity index (χ3n) is 4.07. The van der Waals surface area contributed by atoms with E-state index in [1.165, 1.54) is 5.56 Å². The summed E-state index contributed by atoms with van der Waals surface area (Å²) in [5.74, 6) is -0.203. The van der Waals surface area contributed by atoms with Gasteiger partial charge in [-0.3, -0.25) is 0 Å². The highest BCUT2D eigenvalue weighted by Gasteiger charge is 2.52. The molecule has 1 aromatic carbocycles. The summed E-state index contributed by atoms with van der Waals surface area (Å²) in [6.45, 7) is 5.19. The first-order valence-corrected chi connectivity index (χ1v) is 7.28. The molecule has 110 valence electrons. The van der Waals surface area contributed by atoms with E-state index in [2.05, 4.69) is 12.1 Å². The Labute approximate surface area is 120 Å². The Bertz CT molecular complexity index is 448. The van der Waals surface area contributed by atoms with Crippen molar-refractivity contribution in [3.8, 4) is 0 Å². The minimum absolute atomic E-state index is 0.00956. The summed E-state index contributed by atoms with van der Waals surface area (Å²) < 4.78 is 17.7. The molecule has 1 aliphatic heterocycles. The summed E-state index contributed by atoms with van der Waals surface area (Å²) in [4.78, 5) is 0. The average molecular weight is 277 g/mol. The Morgan fingerprint density at radius 3 is 2.65 bits per heavy atom. The normalized spacial score (nSPS) is 35.1. The molecule has 2 aliphatic rings. The number of ether oxygens (including phenoxy) is 3. The molecule has 4 atom stereocenters. The van der Waals surface area contributed by atoms with Crippen LogP contribution in [-0.4, -0.2) is 30.6 Å². The van der Waals surface area contributed by atoms with E-state index in [1.54, 1.807) is 0 Å². The Morgan fingerprint density at radius 2 is 1.90 bits per heavy atom. The van der Waals surface area contributed by atoms with Crippen LogP contribution in [0.15, 0.2) is 30.3 Å². The first-order chi connectivity index (χ1) is 9.55. The summed E-state index contributed by atoms with van der Waals surface area (Å²) in [6.07, 6.45) is 0.978. The molecule has 0 unspecified atom stereocenters. The Kier molecular flexibility index (Phi) is 3.82. The number of fused-ring (bicyclic) bond motifs is 1. The molecule has 20 heavy (non-hydrogen) atoms. The largest absolute Gasteiger partial charge is 0.376 e. The van der Waals surface area contributed by atoms with Gasteiger partial charge in [-0.25, -0.2) is 0 Å². The van der Waals surface area contributed by atoms with Crippen LogP contribution in [0.3, 0.4) is 0 Å². The lowest BCUT2D eigenvalue weighted by Gasteiger charge is -2.22. The standard InChI is InChI=1S/C16H23NO3/c1-16(2)19-14-12(8-13(17)15(14)20-16)10-18-9-11-6-4-3-5-7-11/h3-7,12-15H,8-10,17H2,1-2H3/t12-,13-,14-,15+/m0/s1. The van der Waals surface area contributed by atoms with Crippen molar-refractivity contribution >= 4 is 0 Å². The second kappa shape index (κ2) is 5.45. The predicted molar refractivity (Wildman–Crippen MR) is 76.0 cm³/mol. The maximum atomic E-state index is 6.15. The van der Waals surface area contributed by atoms with Crippen molar-refractivity contribution in [2.45, 2.75) is 50.9 Å². The van der Waals surface area contributed by atoms with E-state index in [-0.39, 0.29) is 18.2 Å². The highest BCUT2D eigenvalue weighted by molar-refractivity contribution is 5.13. The van der Waals surface area contributed by atoms with Crippen LogP contribution in [0.2, 0.25) is 0 Å². The fraction of sp³-hybridized carbons (Fsp3) is 0.625. The smallest absolute Gasteiger partial charge is 0.163 e. The van der Waals surface area contributed by atoms with E-state index < -0.39 is 5.79 Å². The zero-order chi connectivity index (χ0) is 14.2. The molecule has 2 N–H and O–H groups in total. The average Bonchev–Trinajstić information content (AvgIpc) is 2.87. The van der Waals surface area contributed by atoms with Gasteiger partial charge in [0.2, 0.25) is 0 Å². The van der Waals surface area contributed by atoms with Gasteiger partial charge in [0.05, 0.1) is 19.3 Å². The summed E-state index contributed by atoms with van der Waals surface area (Å²) in [7, 11) is 0. The summed E-state index contributed by atoms with van der Waals surface area (Å²) in [5.41, 5.74) is 7.34. The van der Waals surface area contributed by atoms with Gasteiger partial charge in [-0.2, -0.15) is 0 Å². The highest BCUT2D eigenvalue weighted by atomic mass is 16.8. The van der Waals surface area contributed by atoms with Crippen LogP contribution in [-0.2, 0) is 20.8 Å². The molecule has 0 amide bonds. The topological polar surface area (TPSA) is 53.7 Å². The molecule has 1 saturated heterocycles. The lowest BCUT2D eigenvalue weighted by Crippen LogP contribution is -2.35. The number of rotatable bonds is 4. The van der Waals surface area contributed by atoms with Crippen molar-refractivity contribution in [2.75, 3.05) is 6.61 Å². The maximum Gasteiger partial charge on any atom is 0.163 e. The summed E-state index contributed by atoms with van der Waals surface area (Å²) in [6, 6.07) is 10.2. The van der Waals surface area contributed by atoms with Gasteiger partial charge in [-0.1, -0.05) is 30.3 Å². The van der Waals surface area contributed by atoms with Crippen molar-refractivity contribution in [1.29, 1.82) is 0 Å². The third kappa shape index (κ3) is 2.88. The molecule has 4 nitrogen and oxygen atoms in total. The quantitative estimate of drug-likeness (QED) is 0.915. The van der Waals surface area contributed by atoms with Crippen LogP contribution < -0.4 is 5.73 Å². The van der Waals surface area contributed by atoms with E-state index >= 15 is 0 Å². The molecule has 2 fully saturated rings. The molecule has 4 heteroatoms. The highest BCUT2D eigenvalue weighted by Crippen LogP contribution is 2.41. The van der Waals surface area contributed by atoms with Crippen molar-refractivity contribution in [1.82, 2.24) is 0 Å². The molecule has 1 saturated carbocycles. The Morgan fingerprint density at radius 1 is 1.20 bits per heavy atom. The van der Waals surface area contributed by atoms with Crippen LogP contribution >= 0.6 is 0 Å². The van der Waals surface area contributed by atoms with Crippen LogP contribution in [0.25, 0.3) is 0 Å². The monoisotopic (exact) mass is 277 g/mol. The van der Waals surface area contributed by atoms with Gasteiger partial charge in [0, 0.05) is 12.0 Å². The third-order valence-corrected chi connectivity index (χ3v) is 4.07. The van der Waals surface area contributed by atoms with Gasteiger partial charge in [-0.05, 0) is 25.8 Å². The molecule has 1 aliphatic carbocycles. The minimum Gasteiger partial charge on any atom is -0.376 e. The van der Waals surface area contributed by atoms with Crippen LogP contribution in [0, 0.1) is 5.92 Å². The summed E-state index contributed by atoms with van der Waals surface area (Å²) in [5, 5.41) is 0. The van der Waals surface area contributed by atoms with Crippen LogP contribution in [0.1, 0.15) is 25.8 Å². The Hall–Kier alpha value is -0.940. The van der Waals surface area contributed by atoms with Crippen molar-refractivity contribution < 1.29 is 14.2 Å². The number of hydrogen-bond donors (Lipinski definition) is 1. The van der Waals surface area contributed by atoms with E-state index in [4.69, 9.17) is 19.9 Å². The zero-order valence-electron chi connectivity index (χ0n) is 12.1. The van der Waals surface area contributed by atoms with Crippen molar-refractivity contribution in [3.05, 3.63) is 35.9 Å². The lowest BCUT2D eigenvalue weighted by molar-refractivity contribution is -0.160. The Balaban J connectivity index is 1.53. The first kappa shape index (κ1) is 14.0. The first-order valence-electron chi connectivity index (χ1n) is 7.28. The second-order valence-corrected chi connectivity index (χ2v) is 6.23. The molecule has 0 radical (unpaired) electrons. The van der Waals surface area contributed by atoms with Gasteiger partial charge in [0.1, 0.15) is 6.10 Å². The van der Waals surface area contributed by atoms with E-state index in [1.807, 2.05) is 32.0 Å². The van der Waals surface area contributed by atoms with Gasteiger partial charge in [0.25, 0.3) is 0 Å².